The van der Waals surface area contributed by atoms with Crippen molar-refractivity contribution in [2.75, 3.05) is 6.61 Å². The summed E-state index contributed by atoms with van der Waals surface area (Å²) in [7, 11) is 0. The Balaban J connectivity index is 2.91. The number of para-hydroxylation sites is 1. The zero-order valence-electron chi connectivity index (χ0n) is 9.42. The van der Waals surface area contributed by atoms with Gasteiger partial charge in [0.05, 0.1) is 9.40 Å². The van der Waals surface area contributed by atoms with Crippen LogP contribution in [0, 0.1) is 10.1 Å². The molecule has 18 heavy (non-hydrogen) atoms. The van der Waals surface area contributed by atoms with Crippen molar-refractivity contribution in [3.63, 3.8) is 0 Å². The molecule has 0 saturated heterocycles. The van der Waals surface area contributed by atoms with Gasteiger partial charge >= 0.3 is 11.7 Å². The van der Waals surface area contributed by atoms with Gasteiger partial charge in [0, 0.05) is 12.1 Å². The molecule has 0 unspecified atom stereocenters. The molecule has 7 heteroatoms. The number of hydrogen-bond acceptors (Lipinski definition) is 4. The fourth-order valence-electron chi connectivity index (χ4n) is 1.22. The van der Waals surface area contributed by atoms with Crippen molar-refractivity contribution in [1.82, 2.24) is 0 Å². The van der Waals surface area contributed by atoms with Gasteiger partial charge in [-0.1, -0.05) is 6.07 Å². The van der Waals surface area contributed by atoms with Gasteiger partial charge in [0.25, 0.3) is 0 Å². The topological polar surface area (TPSA) is 89.7 Å². The zero-order chi connectivity index (χ0) is 13.7. The second-order valence-corrected chi connectivity index (χ2v) is 4.32. The summed E-state index contributed by atoms with van der Waals surface area (Å²) in [6.07, 6.45) is 0.989. The van der Waals surface area contributed by atoms with Gasteiger partial charge in [-0.15, -0.1) is 0 Å². The molecule has 0 heterocycles. The van der Waals surface area contributed by atoms with Crippen molar-refractivity contribution >= 4 is 27.6 Å². The van der Waals surface area contributed by atoms with Crippen LogP contribution < -0.4 is 4.74 Å². The van der Waals surface area contributed by atoms with Crippen molar-refractivity contribution < 1.29 is 19.6 Å². The normalized spacial score (nSPS) is 11.1. The van der Waals surface area contributed by atoms with E-state index in [2.05, 4.69) is 15.9 Å². The Morgan fingerprint density at radius 1 is 1.61 bits per heavy atom. The fourth-order valence-corrected chi connectivity index (χ4v) is 1.69. The van der Waals surface area contributed by atoms with E-state index < -0.39 is 10.9 Å². The quantitative estimate of drug-likeness (QED) is 0.512. The number of ether oxygens (including phenoxy) is 1. The van der Waals surface area contributed by atoms with E-state index in [1.807, 2.05) is 0 Å². The van der Waals surface area contributed by atoms with Gasteiger partial charge < -0.3 is 9.84 Å². The summed E-state index contributed by atoms with van der Waals surface area (Å²) in [4.78, 5) is 20.6. The molecule has 1 aromatic rings. The number of halogens is 1. The summed E-state index contributed by atoms with van der Waals surface area (Å²) in [5, 5.41) is 19.3. The van der Waals surface area contributed by atoms with Crippen LogP contribution in [0.3, 0.4) is 0 Å². The smallest absolute Gasteiger partial charge is 0.328 e. The molecule has 1 N–H and O–H groups in total. The maximum absolute atomic E-state index is 10.8. The van der Waals surface area contributed by atoms with E-state index in [0.29, 0.717) is 10.0 Å². The van der Waals surface area contributed by atoms with Gasteiger partial charge in [-0.3, -0.25) is 10.1 Å². The largest absolute Gasteiger partial charge is 0.482 e. The molecule has 0 radical (unpaired) electrons. The molecule has 0 spiro atoms. The first kappa shape index (κ1) is 14.2. The van der Waals surface area contributed by atoms with Crippen LogP contribution in [0.1, 0.15) is 6.92 Å². The SMILES string of the molecule is C/C(=C/C(=O)O)COc1c(Br)cccc1[N+](=O)[O-]. The predicted octanol–water partition coefficient (Wildman–Crippen LogP) is 2.77. The number of nitro groups is 1. The third-order valence-corrected chi connectivity index (χ3v) is 2.58. The highest BCUT2D eigenvalue weighted by molar-refractivity contribution is 9.10. The molecule has 0 atom stereocenters. The third-order valence-electron chi connectivity index (χ3n) is 1.96. The summed E-state index contributed by atoms with van der Waals surface area (Å²) >= 11 is 3.15. The van der Waals surface area contributed by atoms with Gasteiger partial charge in [-0.2, -0.15) is 0 Å². The van der Waals surface area contributed by atoms with E-state index in [9.17, 15) is 14.9 Å². The second kappa shape index (κ2) is 6.15. The van der Waals surface area contributed by atoms with E-state index in [1.54, 1.807) is 13.0 Å². The summed E-state index contributed by atoms with van der Waals surface area (Å²) in [5.41, 5.74) is 0.278. The molecule has 0 saturated carbocycles. The maximum Gasteiger partial charge on any atom is 0.328 e. The van der Waals surface area contributed by atoms with Gasteiger partial charge in [-0.05, 0) is 34.5 Å². The van der Waals surface area contributed by atoms with Crippen LogP contribution in [0.5, 0.6) is 5.75 Å². The van der Waals surface area contributed by atoms with E-state index in [0.717, 1.165) is 6.08 Å². The fraction of sp³-hybridized carbons (Fsp3) is 0.182. The highest BCUT2D eigenvalue weighted by Gasteiger charge is 2.17. The molecule has 0 aliphatic carbocycles. The number of rotatable bonds is 5. The molecular weight excluding hydrogens is 306 g/mol. The first-order chi connectivity index (χ1) is 8.41. The molecule has 1 rings (SSSR count). The minimum absolute atomic E-state index is 0.0320. The number of aliphatic carboxylic acids is 1. The van der Waals surface area contributed by atoms with Crippen LogP contribution in [0.4, 0.5) is 5.69 Å². The van der Waals surface area contributed by atoms with Crippen molar-refractivity contribution in [3.8, 4) is 5.75 Å². The number of carbonyl (C=O) groups is 1. The molecule has 0 aliphatic heterocycles. The highest BCUT2D eigenvalue weighted by Crippen LogP contribution is 2.34. The van der Waals surface area contributed by atoms with Gasteiger partial charge in [0.15, 0.2) is 0 Å². The van der Waals surface area contributed by atoms with Crippen molar-refractivity contribution in [3.05, 3.63) is 44.4 Å². The van der Waals surface area contributed by atoms with Crippen LogP contribution in [0.15, 0.2) is 34.3 Å². The lowest BCUT2D eigenvalue weighted by molar-refractivity contribution is -0.385. The molecule has 0 bridgehead atoms. The van der Waals surface area contributed by atoms with Gasteiger partial charge in [-0.25, -0.2) is 4.79 Å². The molecular formula is C11H10BrNO5. The van der Waals surface area contributed by atoms with Crippen molar-refractivity contribution in [2.24, 2.45) is 0 Å². The Hall–Kier alpha value is -1.89. The average Bonchev–Trinajstić information content (AvgIpc) is 2.25. The predicted molar refractivity (Wildman–Crippen MR) is 67.7 cm³/mol. The van der Waals surface area contributed by atoms with Crippen LogP contribution in [-0.2, 0) is 4.79 Å². The summed E-state index contributed by atoms with van der Waals surface area (Å²) in [6.45, 7) is 1.53. The third kappa shape index (κ3) is 3.85. The Bertz CT molecular complexity index is 512. The molecule has 1 aromatic carbocycles. The Morgan fingerprint density at radius 3 is 2.83 bits per heavy atom. The maximum atomic E-state index is 10.8. The molecule has 6 nitrogen and oxygen atoms in total. The molecule has 0 fully saturated rings. The van der Waals surface area contributed by atoms with Crippen LogP contribution in [0.2, 0.25) is 0 Å². The number of nitro benzene ring substituents is 1. The Kier molecular flexibility index (Phi) is 4.85. The Morgan fingerprint density at radius 2 is 2.28 bits per heavy atom. The van der Waals surface area contributed by atoms with Crippen LogP contribution in [0.25, 0.3) is 0 Å². The number of carboxylic acids is 1. The standard InChI is InChI=1S/C11H10BrNO5/c1-7(5-10(14)15)6-18-11-8(12)3-2-4-9(11)13(16)17/h2-5H,6H2,1H3,(H,14,15)/b7-5-. The van der Waals surface area contributed by atoms with Crippen molar-refractivity contribution in [1.29, 1.82) is 0 Å². The number of nitrogens with zero attached hydrogens (tertiary/aromatic N) is 1. The molecule has 0 aliphatic rings. The van der Waals surface area contributed by atoms with Gasteiger partial charge in [0.1, 0.15) is 6.61 Å². The first-order valence-electron chi connectivity index (χ1n) is 4.87. The van der Waals surface area contributed by atoms with E-state index >= 15 is 0 Å². The van der Waals surface area contributed by atoms with Crippen molar-refractivity contribution in [2.45, 2.75) is 6.92 Å². The molecule has 0 amide bonds. The van der Waals surface area contributed by atoms with E-state index in [-0.39, 0.29) is 18.0 Å². The first-order valence-corrected chi connectivity index (χ1v) is 5.67. The number of benzene rings is 1. The molecule has 96 valence electrons. The average molecular weight is 316 g/mol. The number of carboxylic acid groups (broad SMARTS) is 1. The lowest BCUT2D eigenvalue weighted by atomic mass is 10.3. The minimum Gasteiger partial charge on any atom is -0.482 e. The monoisotopic (exact) mass is 315 g/mol. The summed E-state index contributed by atoms with van der Waals surface area (Å²) < 4.78 is 5.72. The summed E-state index contributed by atoms with van der Waals surface area (Å²) in [5.74, 6) is -1.00. The minimum atomic E-state index is -1.09. The van der Waals surface area contributed by atoms with Gasteiger partial charge in [0.2, 0.25) is 5.75 Å². The highest BCUT2D eigenvalue weighted by atomic mass is 79.9. The Labute approximate surface area is 111 Å². The zero-order valence-corrected chi connectivity index (χ0v) is 11.0. The van der Waals surface area contributed by atoms with Crippen LogP contribution >= 0.6 is 15.9 Å². The van der Waals surface area contributed by atoms with Crippen LogP contribution in [-0.4, -0.2) is 22.6 Å². The van der Waals surface area contributed by atoms with E-state index in [1.165, 1.54) is 12.1 Å². The van der Waals surface area contributed by atoms with E-state index in [4.69, 9.17) is 9.84 Å². The summed E-state index contributed by atoms with van der Waals surface area (Å²) in [6, 6.07) is 4.45. The second-order valence-electron chi connectivity index (χ2n) is 3.46. The molecule has 0 aromatic heterocycles. The lowest BCUT2D eigenvalue weighted by Gasteiger charge is -2.08. The number of hydrogen-bond donors (Lipinski definition) is 1. The lowest BCUT2D eigenvalue weighted by Crippen LogP contribution is -2.04.